The zero-order chi connectivity index (χ0) is 24.2. The number of hydrogen-bond donors (Lipinski definition) is 0. The van der Waals surface area contributed by atoms with Crippen molar-refractivity contribution in [2.45, 2.75) is 12.3 Å². The molecule has 0 radical (unpaired) electrons. The van der Waals surface area contributed by atoms with E-state index < -0.39 is 5.41 Å². The van der Waals surface area contributed by atoms with Gasteiger partial charge < -0.3 is 14.7 Å². The predicted molar refractivity (Wildman–Crippen MR) is 142 cm³/mol. The fourth-order valence-corrected chi connectivity index (χ4v) is 4.23. The van der Waals surface area contributed by atoms with Crippen LogP contribution in [-0.2, 0) is 10.2 Å². The molecule has 0 aliphatic heterocycles. The molecule has 0 fully saturated rings. The number of hydrogen-bond acceptors (Lipinski definition) is 4. The summed E-state index contributed by atoms with van der Waals surface area (Å²) in [6.45, 7) is 1.89. The molecule has 4 heteroatoms. The maximum Gasteiger partial charge on any atom is 0.174 e. The highest BCUT2D eigenvalue weighted by molar-refractivity contribution is 6.05. The van der Waals surface area contributed by atoms with E-state index in [4.69, 9.17) is 0 Å². The maximum atomic E-state index is 14.0. The van der Waals surface area contributed by atoms with Crippen LogP contribution in [0.25, 0.3) is 0 Å². The molecule has 0 aromatic heterocycles. The van der Waals surface area contributed by atoms with Gasteiger partial charge in [0.05, 0.1) is 0 Å². The predicted octanol–water partition coefficient (Wildman–Crippen LogP) is 5.36. The number of rotatable bonds is 8. The minimum absolute atomic E-state index is 0.0396. The lowest BCUT2D eigenvalue weighted by Gasteiger charge is -2.34. The Morgan fingerprint density at radius 1 is 0.576 bits per heavy atom. The molecule has 0 bridgehead atoms. The molecule has 0 spiro atoms. The van der Waals surface area contributed by atoms with Crippen LogP contribution in [0.5, 0.6) is 0 Å². The van der Waals surface area contributed by atoms with E-state index >= 15 is 0 Å². The Hall–Kier alpha value is -3.53. The highest BCUT2D eigenvalue weighted by Gasteiger charge is 2.42. The van der Waals surface area contributed by atoms with Gasteiger partial charge in [-0.05, 0) is 66.1 Å². The Balaban J connectivity index is 2.34. The molecule has 0 heterocycles. The van der Waals surface area contributed by atoms with Gasteiger partial charge in [0.2, 0.25) is 0 Å². The summed E-state index contributed by atoms with van der Waals surface area (Å²) >= 11 is 0. The van der Waals surface area contributed by atoms with Crippen LogP contribution >= 0.6 is 0 Å². The first-order valence-electron chi connectivity index (χ1n) is 11.2. The zero-order valence-corrected chi connectivity index (χ0v) is 20.8. The van der Waals surface area contributed by atoms with Crippen LogP contribution in [0.4, 0.5) is 17.1 Å². The minimum Gasteiger partial charge on any atom is -0.378 e. The number of ketones is 1. The average molecular weight is 442 g/mol. The third-order valence-corrected chi connectivity index (χ3v) is 6.14. The molecule has 0 saturated carbocycles. The molecule has 0 amide bonds. The fourth-order valence-electron chi connectivity index (χ4n) is 4.23. The third-order valence-electron chi connectivity index (χ3n) is 6.14. The molecular formula is C29H35N3O. The lowest BCUT2D eigenvalue weighted by atomic mass is 9.66. The first-order valence-corrected chi connectivity index (χ1v) is 11.2. The summed E-state index contributed by atoms with van der Waals surface area (Å²) < 4.78 is 0. The molecule has 33 heavy (non-hydrogen) atoms. The molecule has 0 atom stereocenters. The van der Waals surface area contributed by atoms with Crippen LogP contribution in [0.2, 0.25) is 0 Å². The number of nitrogens with zero attached hydrogens (tertiary/aromatic N) is 3. The van der Waals surface area contributed by atoms with Gasteiger partial charge in [0, 0.05) is 59.3 Å². The SMILES string of the molecule is C/C=C/C(=O)C(c1ccc(N(C)C)cc1)(c1ccc(N(C)C)cc1)c1ccc(N(C)C)cc1. The summed E-state index contributed by atoms with van der Waals surface area (Å²) in [7, 11) is 12.1. The third kappa shape index (κ3) is 4.65. The van der Waals surface area contributed by atoms with Gasteiger partial charge in [0.25, 0.3) is 0 Å². The lowest BCUT2D eigenvalue weighted by Crippen LogP contribution is -2.37. The quantitative estimate of drug-likeness (QED) is 0.347. The standard InChI is InChI=1S/C29H35N3O/c1-8-9-28(33)29(22-10-16-25(17-11-22)30(2)3,23-12-18-26(19-13-23)31(4)5)24-14-20-27(21-15-24)32(6)7/h8-21H,1-7H3/b9-8+. The van der Waals surface area contributed by atoms with E-state index in [0.29, 0.717) is 0 Å². The smallest absolute Gasteiger partial charge is 0.174 e. The van der Waals surface area contributed by atoms with Gasteiger partial charge in [0.15, 0.2) is 5.78 Å². The van der Waals surface area contributed by atoms with Crippen molar-refractivity contribution in [3.05, 3.63) is 102 Å². The monoisotopic (exact) mass is 441 g/mol. The van der Waals surface area contributed by atoms with Gasteiger partial charge >= 0.3 is 0 Å². The van der Waals surface area contributed by atoms with Crippen molar-refractivity contribution < 1.29 is 4.79 Å². The average Bonchev–Trinajstić information content (AvgIpc) is 2.81. The Labute approximate surface area is 198 Å². The first-order chi connectivity index (χ1) is 15.7. The number of allylic oxidation sites excluding steroid dienone is 2. The van der Waals surface area contributed by atoms with E-state index in [0.717, 1.165) is 33.8 Å². The normalized spacial score (nSPS) is 11.5. The second-order valence-electron chi connectivity index (χ2n) is 8.94. The van der Waals surface area contributed by atoms with E-state index in [1.165, 1.54) is 0 Å². The van der Waals surface area contributed by atoms with Gasteiger partial charge in [-0.1, -0.05) is 42.5 Å². The van der Waals surface area contributed by atoms with Crippen molar-refractivity contribution in [3.8, 4) is 0 Å². The largest absolute Gasteiger partial charge is 0.378 e. The summed E-state index contributed by atoms with van der Waals surface area (Å²) in [5.41, 5.74) is 5.18. The lowest BCUT2D eigenvalue weighted by molar-refractivity contribution is -0.117. The fraction of sp³-hybridized carbons (Fsp3) is 0.276. The van der Waals surface area contributed by atoms with Crippen LogP contribution in [0, 0.1) is 0 Å². The van der Waals surface area contributed by atoms with Gasteiger partial charge in [-0.3, -0.25) is 4.79 Å². The molecule has 172 valence electrons. The van der Waals surface area contributed by atoms with Crippen LogP contribution in [0.1, 0.15) is 23.6 Å². The summed E-state index contributed by atoms with van der Waals surface area (Å²) in [6.07, 6.45) is 3.52. The molecule has 3 aromatic rings. The van der Waals surface area contributed by atoms with Crippen LogP contribution in [0.3, 0.4) is 0 Å². The second-order valence-corrected chi connectivity index (χ2v) is 8.94. The Morgan fingerprint density at radius 2 is 0.848 bits per heavy atom. The van der Waals surface area contributed by atoms with Gasteiger partial charge in [-0.25, -0.2) is 0 Å². The van der Waals surface area contributed by atoms with E-state index in [2.05, 4.69) is 87.5 Å². The molecular weight excluding hydrogens is 406 g/mol. The molecule has 0 aliphatic carbocycles. The van der Waals surface area contributed by atoms with Crippen molar-refractivity contribution in [1.29, 1.82) is 0 Å². The molecule has 3 aromatic carbocycles. The molecule has 0 saturated heterocycles. The molecule has 0 unspecified atom stereocenters. The minimum atomic E-state index is -0.951. The molecule has 0 N–H and O–H groups in total. The first kappa shape index (κ1) is 24.1. The molecule has 3 rings (SSSR count). The van der Waals surface area contributed by atoms with Gasteiger partial charge in [-0.15, -0.1) is 0 Å². The Morgan fingerprint density at radius 3 is 1.06 bits per heavy atom. The van der Waals surface area contributed by atoms with Crippen LogP contribution < -0.4 is 14.7 Å². The van der Waals surface area contributed by atoms with Crippen molar-refractivity contribution in [2.24, 2.45) is 0 Å². The number of carbonyl (C=O) groups excluding carboxylic acids is 1. The van der Waals surface area contributed by atoms with Gasteiger partial charge in [-0.2, -0.15) is 0 Å². The zero-order valence-electron chi connectivity index (χ0n) is 20.8. The Kier molecular flexibility index (Phi) is 7.27. The van der Waals surface area contributed by atoms with E-state index in [9.17, 15) is 4.79 Å². The van der Waals surface area contributed by atoms with E-state index in [-0.39, 0.29) is 5.78 Å². The Bertz CT molecular complexity index is 968. The maximum absolute atomic E-state index is 14.0. The van der Waals surface area contributed by atoms with E-state index in [1.807, 2.05) is 55.3 Å². The number of anilines is 3. The summed E-state index contributed by atoms with van der Waals surface area (Å²) in [5.74, 6) is 0.0396. The van der Waals surface area contributed by atoms with Crippen LogP contribution in [-0.4, -0.2) is 48.1 Å². The molecule has 4 nitrogen and oxygen atoms in total. The van der Waals surface area contributed by atoms with Crippen LogP contribution in [0.15, 0.2) is 84.9 Å². The van der Waals surface area contributed by atoms with E-state index in [1.54, 1.807) is 6.08 Å². The molecule has 0 aliphatic rings. The highest BCUT2D eigenvalue weighted by atomic mass is 16.1. The summed E-state index contributed by atoms with van der Waals surface area (Å²) in [5, 5.41) is 0. The van der Waals surface area contributed by atoms with Crippen molar-refractivity contribution in [1.82, 2.24) is 0 Å². The van der Waals surface area contributed by atoms with Crippen molar-refractivity contribution in [3.63, 3.8) is 0 Å². The van der Waals surface area contributed by atoms with Crippen molar-refractivity contribution in [2.75, 3.05) is 57.0 Å². The van der Waals surface area contributed by atoms with Crippen molar-refractivity contribution >= 4 is 22.8 Å². The number of benzene rings is 3. The highest BCUT2D eigenvalue weighted by Crippen LogP contribution is 2.42. The summed E-state index contributed by atoms with van der Waals surface area (Å²) in [6, 6.07) is 25.0. The van der Waals surface area contributed by atoms with Gasteiger partial charge in [0.1, 0.15) is 5.41 Å². The number of carbonyl (C=O) groups is 1. The summed E-state index contributed by atoms with van der Waals surface area (Å²) in [4.78, 5) is 20.2. The topological polar surface area (TPSA) is 26.8 Å². The second kappa shape index (κ2) is 9.95.